The molecule has 0 spiro atoms. The van der Waals surface area contributed by atoms with E-state index in [4.69, 9.17) is 0 Å². The number of hydrogen-bond acceptors (Lipinski definition) is 2. The van der Waals surface area contributed by atoms with Crippen LogP contribution in [-0.2, 0) is 6.42 Å². The molecule has 4 heteroatoms. The van der Waals surface area contributed by atoms with Crippen molar-refractivity contribution < 1.29 is 8.78 Å². The molecule has 0 fully saturated rings. The lowest BCUT2D eigenvalue weighted by Crippen LogP contribution is -1.91. The fourth-order valence-electron chi connectivity index (χ4n) is 2.08. The van der Waals surface area contributed by atoms with Crippen LogP contribution in [0.4, 0.5) is 8.78 Å². The Morgan fingerprint density at radius 2 is 1.65 bits per heavy atom. The Morgan fingerprint density at radius 1 is 0.950 bits per heavy atom. The van der Waals surface area contributed by atoms with Gasteiger partial charge in [0.25, 0.3) is 6.08 Å². The van der Waals surface area contributed by atoms with Gasteiger partial charge in [-0.3, -0.25) is 0 Å². The van der Waals surface area contributed by atoms with Crippen molar-refractivity contribution in [2.24, 2.45) is 0 Å². The van der Waals surface area contributed by atoms with Gasteiger partial charge >= 0.3 is 0 Å². The van der Waals surface area contributed by atoms with Crippen LogP contribution in [0.3, 0.4) is 0 Å². The standard InChI is InChI=1S/C16H16F2N2/c17-16(18)15(14-10-19-12-20-11-14)9-5-4-8-13-6-2-1-3-7-13/h1-3,6-7,10-12H,4-5,8-9H2. The first kappa shape index (κ1) is 14.3. The third kappa shape index (κ3) is 4.23. The van der Waals surface area contributed by atoms with E-state index in [9.17, 15) is 8.78 Å². The highest BCUT2D eigenvalue weighted by molar-refractivity contribution is 5.64. The lowest BCUT2D eigenvalue weighted by atomic mass is 10.0. The largest absolute Gasteiger partial charge is 0.274 e. The second-order valence-electron chi connectivity index (χ2n) is 4.56. The van der Waals surface area contributed by atoms with Crippen LogP contribution < -0.4 is 0 Å². The number of benzene rings is 1. The molecule has 0 saturated heterocycles. The monoisotopic (exact) mass is 274 g/mol. The van der Waals surface area contributed by atoms with Crippen molar-refractivity contribution in [1.82, 2.24) is 9.97 Å². The first-order chi connectivity index (χ1) is 9.77. The van der Waals surface area contributed by atoms with E-state index >= 15 is 0 Å². The molecule has 0 atom stereocenters. The predicted octanol–water partition coefficient (Wildman–Crippen LogP) is 4.50. The van der Waals surface area contributed by atoms with Gasteiger partial charge in [0.05, 0.1) is 0 Å². The van der Waals surface area contributed by atoms with Gasteiger partial charge in [0.15, 0.2) is 0 Å². The van der Waals surface area contributed by atoms with E-state index in [1.807, 2.05) is 18.2 Å². The van der Waals surface area contributed by atoms with Gasteiger partial charge in [-0.25, -0.2) is 9.97 Å². The SMILES string of the molecule is FC(F)=C(CCCCc1ccccc1)c1cncnc1. The number of hydrogen-bond donors (Lipinski definition) is 0. The number of nitrogens with zero attached hydrogens (tertiary/aromatic N) is 2. The van der Waals surface area contributed by atoms with Gasteiger partial charge in [-0.1, -0.05) is 30.3 Å². The van der Waals surface area contributed by atoms with Crippen LogP contribution in [0.5, 0.6) is 0 Å². The lowest BCUT2D eigenvalue weighted by Gasteiger charge is -2.06. The van der Waals surface area contributed by atoms with Crippen molar-refractivity contribution in [1.29, 1.82) is 0 Å². The molecule has 20 heavy (non-hydrogen) atoms. The van der Waals surface area contributed by atoms with Crippen molar-refractivity contribution in [2.45, 2.75) is 25.7 Å². The molecule has 2 rings (SSSR count). The highest BCUT2D eigenvalue weighted by atomic mass is 19.3. The van der Waals surface area contributed by atoms with E-state index in [0.717, 1.165) is 19.3 Å². The molecule has 0 aliphatic heterocycles. The molecular weight excluding hydrogens is 258 g/mol. The van der Waals surface area contributed by atoms with Gasteiger partial charge in [-0.2, -0.15) is 8.78 Å². The number of rotatable bonds is 6. The Balaban J connectivity index is 1.87. The number of allylic oxidation sites excluding steroid dienone is 1. The normalized spacial score (nSPS) is 10.3. The molecule has 1 aromatic heterocycles. The zero-order valence-electron chi connectivity index (χ0n) is 11.1. The molecular formula is C16H16F2N2. The van der Waals surface area contributed by atoms with Crippen molar-refractivity contribution in [2.75, 3.05) is 0 Å². The number of aryl methyl sites for hydroxylation is 1. The predicted molar refractivity (Wildman–Crippen MR) is 75.2 cm³/mol. The fourth-order valence-corrected chi connectivity index (χ4v) is 2.08. The van der Waals surface area contributed by atoms with E-state index in [1.54, 1.807) is 0 Å². The minimum atomic E-state index is -1.64. The van der Waals surface area contributed by atoms with Gasteiger partial charge in [0.1, 0.15) is 6.33 Å². The summed E-state index contributed by atoms with van der Waals surface area (Å²) in [6.45, 7) is 0. The second-order valence-corrected chi connectivity index (χ2v) is 4.56. The summed E-state index contributed by atoms with van der Waals surface area (Å²) in [5.74, 6) is 0. The van der Waals surface area contributed by atoms with Gasteiger partial charge in [0, 0.05) is 23.5 Å². The summed E-state index contributed by atoms with van der Waals surface area (Å²) >= 11 is 0. The highest BCUT2D eigenvalue weighted by Crippen LogP contribution is 2.25. The third-order valence-corrected chi connectivity index (χ3v) is 3.12. The highest BCUT2D eigenvalue weighted by Gasteiger charge is 2.09. The summed E-state index contributed by atoms with van der Waals surface area (Å²) in [7, 11) is 0. The van der Waals surface area contributed by atoms with Gasteiger partial charge in [0.2, 0.25) is 0 Å². The van der Waals surface area contributed by atoms with E-state index in [2.05, 4.69) is 22.1 Å². The maximum atomic E-state index is 13.0. The zero-order valence-corrected chi connectivity index (χ0v) is 11.1. The zero-order chi connectivity index (χ0) is 14.2. The van der Waals surface area contributed by atoms with E-state index in [-0.39, 0.29) is 5.57 Å². The van der Waals surface area contributed by atoms with Crippen molar-refractivity contribution in [3.05, 3.63) is 66.3 Å². The minimum Gasteiger partial charge on any atom is -0.244 e. The van der Waals surface area contributed by atoms with Crippen LogP contribution in [0.2, 0.25) is 0 Å². The average molecular weight is 274 g/mol. The quantitative estimate of drug-likeness (QED) is 0.725. The molecule has 0 aliphatic carbocycles. The Labute approximate surface area is 117 Å². The lowest BCUT2D eigenvalue weighted by molar-refractivity contribution is 0.422. The van der Waals surface area contributed by atoms with Crippen molar-refractivity contribution in [3.63, 3.8) is 0 Å². The molecule has 104 valence electrons. The summed E-state index contributed by atoms with van der Waals surface area (Å²) in [6, 6.07) is 10.1. The molecule has 1 heterocycles. The molecule has 2 aromatic rings. The summed E-state index contributed by atoms with van der Waals surface area (Å²) in [6.07, 6.45) is 5.42. The van der Waals surface area contributed by atoms with Gasteiger partial charge in [-0.15, -0.1) is 0 Å². The second kappa shape index (κ2) is 7.48. The molecule has 0 unspecified atom stereocenters. The topological polar surface area (TPSA) is 25.8 Å². The molecule has 0 aliphatic rings. The van der Waals surface area contributed by atoms with E-state index < -0.39 is 6.08 Å². The summed E-state index contributed by atoms with van der Waals surface area (Å²) < 4.78 is 25.9. The van der Waals surface area contributed by atoms with Crippen LogP contribution in [0.1, 0.15) is 30.4 Å². The Bertz CT molecular complexity index is 549. The molecule has 0 bridgehead atoms. The Kier molecular flexibility index (Phi) is 5.35. The van der Waals surface area contributed by atoms with E-state index in [1.165, 1.54) is 24.3 Å². The van der Waals surface area contributed by atoms with Gasteiger partial charge < -0.3 is 0 Å². The smallest absolute Gasteiger partial charge is 0.244 e. The number of unbranched alkanes of at least 4 members (excludes halogenated alkanes) is 1. The van der Waals surface area contributed by atoms with Gasteiger partial charge in [-0.05, 0) is 31.2 Å². The molecule has 2 nitrogen and oxygen atoms in total. The Morgan fingerprint density at radius 3 is 2.30 bits per heavy atom. The number of aromatic nitrogens is 2. The average Bonchev–Trinajstić information content (AvgIpc) is 2.49. The Hall–Kier alpha value is -2.10. The van der Waals surface area contributed by atoms with Crippen LogP contribution >= 0.6 is 0 Å². The molecule has 0 saturated carbocycles. The van der Waals surface area contributed by atoms with Crippen LogP contribution in [-0.4, -0.2) is 9.97 Å². The van der Waals surface area contributed by atoms with Crippen LogP contribution in [0, 0.1) is 0 Å². The summed E-state index contributed by atoms with van der Waals surface area (Å²) in [4.78, 5) is 7.57. The van der Waals surface area contributed by atoms with Crippen molar-refractivity contribution in [3.8, 4) is 0 Å². The minimum absolute atomic E-state index is 0.0543. The number of halogens is 2. The maximum Gasteiger partial charge on any atom is 0.274 e. The molecule has 0 radical (unpaired) electrons. The van der Waals surface area contributed by atoms with Crippen LogP contribution in [0.25, 0.3) is 5.57 Å². The van der Waals surface area contributed by atoms with Crippen molar-refractivity contribution >= 4 is 5.57 Å². The van der Waals surface area contributed by atoms with E-state index in [0.29, 0.717) is 12.0 Å². The van der Waals surface area contributed by atoms with Crippen LogP contribution in [0.15, 0.2) is 55.1 Å². The summed E-state index contributed by atoms with van der Waals surface area (Å²) in [5, 5.41) is 0. The molecule has 0 N–H and O–H groups in total. The third-order valence-electron chi connectivity index (χ3n) is 3.12. The maximum absolute atomic E-state index is 13.0. The fraction of sp³-hybridized carbons (Fsp3) is 0.250. The molecule has 1 aromatic carbocycles. The summed E-state index contributed by atoms with van der Waals surface area (Å²) in [5.41, 5.74) is 1.70. The first-order valence-electron chi connectivity index (χ1n) is 6.61. The first-order valence-corrected chi connectivity index (χ1v) is 6.61. The molecule has 0 amide bonds.